The summed E-state index contributed by atoms with van der Waals surface area (Å²) in [5.74, 6) is -33.9. The molecule has 0 aliphatic rings. The molecule has 0 aromatic rings. The molecular weight excluding hydrogens is 1010 g/mol. The first-order chi connectivity index (χ1) is 29.8. The average molecular weight is 1050 g/mol. The zero-order valence-corrected chi connectivity index (χ0v) is 33.9. The summed E-state index contributed by atoms with van der Waals surface area (Å²) in [6, 6.07) is 0. The van der Waals surface area contributed by atoms with Crippen LogP contribution in [0.15, 0.2) is 24.0 Å². The predicted octanol–water partition coefficient (Wildman–Crippen LogP) is 12.5. The number of rotatable bonds is 30. The van der Waals surface area contributed by atoms with Gasteiger partial charge in [-0.2, -0.15) is 110 Å². The van der Waals surface area contributed by atoms with E-state index in [-0.39, 0.29) is 12.5 Å². The van der Waals surface area contributed by atoms with Crippen LogP contribution in [0.5, 0.6) is 0 Å². The molecule has 0 radical (unpaired) electrons. The largest absolute Gasteiger partial charge is 0.491 e. The first kappa shape index (κ1) is 63.6. The van der Waals surface area contributed by atoms with E-state index in [1.165, 1.54) is 6.92 Å². The molecule has 0 saturated heterocycles. The highest BCUT2D eigenvalue weighted by Gasteiger charge is 2.60. The van der Waals surface area contributed by atoms with Crippen molar-refractivity contribution in [2.75, 3.05) is 39.6 Å². The van der Waals surface area contributed by atoms with Gasteiger partial charge in [0.1, 0.15) is 31.7 Å². The Kier molecular flexibility index (Phi) is 23.1. The van der Waals surface area contributed by atoms with E-state index in [1.54, 1.807) is 0 Å². The van der Waals surface area contributed by atoms with Gasteiger partial charge in [0, 0.05) is 30.8 Å². The van der Waals surface area contributed by atoms with Gasteiger partial charge >= 0.3 is 66.5 Å². The Labute approximate surface area is 362 Å². The normalized spacial score (nSPS) is 15.5. The smallest absolute Gasteiger partial charge is 0.455 e. The Balaban J connectivity index is 6.86. The molecule has 0 fully saturated rings. The number of hydrogen-bond donors (Lipinski definition) is 0. The van der Waals surface area contributed by atoms with Gasteiger partial charge in [0.2, 0.25) is 0 Å². The predicted molar refractivity (Wildman–Crippen MR) is 175 cm³/mol. The summed E-state index contributed by atoms with van der Waals surface area (Å²) in [5.41, 5.74) is -0.950. The third kappa shape index (κ3) is 21.8. The molecule has 0 aromatic carbocycles. The number of alkyl halides is 25. The van der Waals surface area contributed by atoms with Gasteiger partial charge in [-0.3, -0.25) is 9.59 Å². The standard InChI is InChI=1S/C35H39F25O7/c1-3-23(6-4-8-26(36,37)31(46,47)48)66-19(2)21(11-22(61)10-20(13-63-16-28(40,41)33(52,53)54)14-64-17-29(42,43)34(55,56)57)12-25(62)67-24(7-5-9-27(38,39)32(49,50)51)15-65-18-30(44,45)35(58,59)60/h11,20,23-24H,2-10,12-18H2,1H3/b21-11-. The molecule has 396 valence electrons. The first-order valence-electron chi connectivity index (χ1n) is 18.6. The zero-order chi connectivity index (χ0) is 52.9. The van der Waals surface area contributed by atoms with Gasteiger partial charge in [-0.1, -0.05) is 13.5 Å². The minimum absolute atomic E-state index is 0.203. The maximum atomic E-state index is 13.5. The lowest BCUT2D eigenvalue weighted by molar-refractivity contribution is -0.300. The first-order valence-corrected chi connectivity index (χ1v) is 18.6. The number of esters is 1. The Morgan fingerprint density at radius 3 is 1.18 bits per heavy atom. The van der Waals surface area contributed by atoms with E-state index in [0.717, 1.165) is 0 Å². The van der Waals surface area contributed by atoms with Crippen LogP contribution in [-0.4, -0.2) is 124 Å². The van der Waals surface area contributed by atoms with E-state index in [2.05, 4.69) is 20.8 Å². The van der Waals surface area contributed by atoms with Crippen LogP contribution in [0.2, 0.25) is 0 Å². The number of ketones is 1. The van der Waals surface area contributed by atoms with Crippen LogP contribution in [0.25, 0.3) is 0 Å². The molecule has 0 saturated carbocycles. The second-order valence-corrected chi connectivity index (χ2v) is 14.4. The molecule has 7 nitrogen and oxygen atoms in total. The number of halogens is 25. The van der Waals surface area contributed by atoms with E-state index in [9.17, 15) is 119 Å². The lowest BCUT2D eigenvalue weighted by Gasteiger charge is -2.25. The van der Waals surface area contributed by atoms with Crippen molar-refractivity contribution in [3.8, 4) is 0 Å². The van der Waals surface area contributed by atoms with E-state index in [4.69, 9.17) is 9.47 Å². The van der Waals surface area contributed by atoms with Crippen molar-refractivity contribution in [1.29, 1.82) is 0 Å². The summed E-state index contributed by atoms with van der Waals surface area (Å²) in [6.45, 7) is -7.72. The fourth-order valence-corrected chi connectivity index (χ4v) is 4.78. The van der Waals surface area contributed by atoms with Gasteiger partial charge in [0.15, 0.2) is 5.78 Å². The third-order valence-electron chi connectivity index (χ3n) is 8.55. The van der Waals surface area contributed by atoms with Gasteiger partial charge in [0.25, 0.3) is 0 Å². The summed E-state index contributed by atoms with van der Waals surface area (Å²) in [4.78, 5) is 26.2. The molecule has 0 bridgehead atoms. The lowest BCUT2D eigenvalue weighted by atomic mass is 10.0. The topological polar surface area (TPSA) is 80.3 Å². The van der Waals surface area contributed by atoms with Crippen LogP contribution in [-0.2, 0) is 33.3 Å². The van der Waals surface area contributed by atoms with Gasteiger partial charge in [-0.25, -0.2) is 0 Å². The number of carbonyl (C=O) groups excluding carboxylic acids is 2. The SMILES string of the molecule is C=C(OC(CC)CCCC(F)(F)C(F)(F)F)/C(=C\C(=O)CC(COCC(F)(F)C(F)(F)F)COCC(F)(F)C(F)(F)F)CC(=O)OC(CCCC(F)(F)C(F)(F)F)COCC(F)(F)C(F)(F)F. The summed E-state index contributed by atoms with van der Waals surface area (Å²) >= 11 is 0. The zero-order valence-electron chi connectivity index (χ0n) is 33.9. The molecule has 0 spiro atoms. The van der Waals surface area contributed by atoms with E-state index in [0.29, 0.717) is 0 Å². The Morgan fingerprint density at radius 1 is 0.493 bits per heavy atom. The van der Waals surface area contributed by atoms with Crippen LogP contribution in [0.3, 0.4) is 0 Å². The maximum Gasteiger partial charge on any atom is 0.455 e. The van der Waals surface area contributed by atoms with Crippen LogP contribution in [0, 0.1) is 5.92 Å². The monoisotopic (exact) mass is 1050 g/mol. The molecule has 0 amide bonds. The van der Waals surface area contributed by atoms with Crippen molar-refractivity contribution in [3.63, 3.8) is 0 Å². The van der Waals surface area contributed by atoms with Crippen molar-refractivity contribution in [1.82, 2.24) is 0 Å². The maximum absolute atomic E-state index is 13.5. The second kappa shape index (κ2) is 24.4. The minimum Gasteiger partial charge on any atom is -0.491 e. The molecule has 2 atom stereocenters. The molecule has 0 aliphatic carbocycles. The summed E-state index contributed by atoms with van der Waals surface area (Å²) in [7, 11) is 0. The third-order valence-corrected chi connectivity index (χ3v) is 8.55. The molecule has 0 aromatic heterocycles. The Bertz CT molecular complexity index is 1520. The average Bonchev–Trinajstić information content (AvgIpc) is 3.11. The highest BCUT2D eigenvalue weighted by molar-refractivity contribution is 5.92. The van der Waals surface area contributed by atoms with Gasteiger partial charge in [-0.15, -0.1) is 0 Å². The molecule has 67 heavy (non-hydrogen) atoms. The van der Waals surface area contributed by atoms with Gasteiger partial charge < -0.3 is 23.7 Å². The second-order valence-electron chi connectivity index (χ2n) is 14.4. The number of hydrogen-bond acceptors (Lipinski definition) is 7. The fourth-order valence-electron chi connectivity index (χ4n) is 4.78. The Hall–Kier alpha value is -3.45. The Morgan fingerprint density at radius 2 is 0.836 bits per heavy atom. The molecule has 0 N–H and O–H groups in total. The van der Waals surface area contributed by atoms with Gasteiger partial charge in [0.05, 0.1) is 32.3 Å². The van der Waals surface area contributed by atoms with E-state index < -0.39 is 193 Å². The molecule has 0 aliphatic heterocycles. The lowest BCUT2D eigenvalue weighted by Crippen LogP contribution is -2.42. The summed E-state index contributed by atoms with van der Waals surface area (Å²) in [6.07, 6.45) is -45.9. The quantitative estimate of drug-likeness (QED) is 0.0233. The van der Waals surface area contributed by atoms with E-state index in [1.807, 2.05) is 0 Å². The van der Waals surface area contributed by atoms with E-state index >= 15 is 0 Å². The highest BCUT2D eigenvalue weighted by Crippen LogP contribution is 2.42. The van der Waals surface area contributed by atoms with Gasteiger partial charge in [-0.05, 0) is 38.2 Å². The fraction of sp³-hybridized carbons (Fsp3) is 0.829. The van der Waals surface area contributed by atoms with Crippen LogP contribution in [0.1, 0.15) is 64.7 Å². The van der Waals surface area contributed by atoms with Crippen LogP contribution in [0.4, 0.5) is 110 Å². The number of allylic oxidation sites excluding steroid dienone is 2. The number of carbonyl (C=O) groups is 2. The minimum atomic E-state index is -6.27. The van der Waals surface area contributed by atoms with Crippen LogP contribution < -0.4 is 0 Å². The molecular formula is C35H39F25O7. The van der Waals surface area contributed by atoms with Crippen molar-refractivity contribution in [2.45, 2.75) is 137 Å². The summed E-state index contributed by atoms with van der Waals surface area (Å²) < 4.78 is 346. The molecule has 0 rings (SSSR count). The molecule has 32 heteroatoms. The van der Waals surface area contributed by atoms with Crippen molar-refractivity contribution in [2.24, 2.45) is 5.92 Å². The summed E-state index contributed by atoms with van der Waals surface area (Å²) in [5, 5.41) is 0. The van der Waals surface area contributed by atoms with Crippen molar-refractivity contribution in [3.05, 3.63) is 24.0 Å². The molecule has 2 unspecified atom stereocenters. The highest BCUT2D eigenvalue weighted by atomic mass is 19.5. The van der Waals surface area contributed by atoms with Crippen molar-refractivity contribution >= 4 is 11.8 Å². The molecule has 0 heterocycles. The van der Waals surface area contributed by atoms with Crippen LogP contribution >= 0.6 is 0 Å². The van der Waals surface area contributed by atoms with Crippen molar-refractivity contribution < 1.29 is 143 Å². The number of ether oxygens (including phenoxy) is 5.